The SMILES string of the molecule is c1ccc(-c2ccc(N(c3ccc4ccccc4c3)c3cccc4c(-n5c6ccccc6c6cc7ccccc7cc65)cccc34)cc2)cc1. The van der Waals surface area contributed by atoms with Crippen LogP contribution in [0.5, 0.6) is 0 Å². The molecule has 0 saturated heterocycles. The van der Waals surface area contributed by atoms with Gasteiger partial charge in [-0.3, -0.25) is 0 Å². The zero-order valence-electron chi connectivity index (χ0n) is 27.4. The van der Waals surface area contributed by atoms with Crippen LogP contribution < -0.4 is 4.90 Å². The molecule has 0 aliphatic heterocycles. The highest BCUT2D eigenvalue weighted by molar-refractivity contribution is 6.15. The van der Waals surface area contributed by atoms with Crippen molar-refractivity contribution in [3.05, 3.63) is 194 Å². The van der Waals surface area contributed by atoms with Crippen LogP contribution in [0.3, 0.4) is 0 Å². The fourth-order valence-corrected chi connectivity index (χ4v) is 7.76. The molecule has 10 aromatic rings. The lowest BCUT2D eigenvalue weighted by Crippen LogP contribution is -2.10. The summed E-state index contributed by atoms with van der Waals surface area (Å²) >= 11 is 0. The van der Waals surface area contributed by atoms with Gasteiger partial charge in [-0.15, -0.1) is 0 Å². The maximum absolute atomic E-state index is 2.46. The lowest BCUT2D eigenvalue weighted by molar-refractivity contribution is 1.20. The quantitative estimate of drug-likeness (QED) is 0.182. The van der Waals surface area contributed by atoms with Crippen molar-refractivity contribution in [3.8, 4) is 16.8 Å². The average Bonchev–Trinajstić information content (AvgIpc) is 3.50. The number of benzene rings is 9. The molecule has 10 rings (SSSR count). The zero-order valence-corrected chi connectivity index (χ0v) is 27.4. The molecule has 0 radical (unpaired) electrons. The van der Waals surface area contributed by atoms with Crippen molar-refractivity contribution >= 4 is 71.2 Å². The third-order valence-corrected chi connectivity index (χ3v) is 10.1. The molecule has 1 aromatic heterocycles. The predicted molar refractivity (Wildman–Crippen MR) is 213 cm³/mol. The largest absolute Gasteiger partial charge is 0.310 e. The molecule has 0 N–H and O–H groups in total. The number of anilines is 3. The molecule has 0 bridgehead atoms. The molecule has 0 fully saturated rings. The Labute approximate surface area is 290 Å². The molecule has 50 heavy (non-hydrogen) atoms. The Hall–Kier alpha value is -6.64. The Balaban J connectivity index is 1.21. The third kappa shape index (κ3) is 4.57. The second-order valence-electron chi connectivity index (χ2n) is 13.0. The highest BCUT2D eigenvalue weighted by Crippen LogP contribution is 2.43. The number of hydrogen-bond donors (Lipinski definition) is 0. The van der Waals surface area contributed by atoms with Gasteiger partial charge in [0.15, 0.2) is 0 Å². The van der Waals surface area contributed by atoms with E-state index < -0.39 is 0 Å². The van der Waals surface area contributed by atoms with Gasteiger partial charge in [0.2, 0.25) is 0 Å². The normalized spacial score (nSPS) is 11.6. The smallest absolute Gasteiger partial charge is 0.0547 e. The van der Waals surface area contributed by atoms with Crippen LogP contribution in [0, 0.1) is 0 Å². The van der Waals surface area contributed by atoms with Crippen molar-refractivity contribution in [1.82, 2.24) is 4.57 Å². The van der Waals surface area contributed by atoms with E-state index in [2.05, 4.69) is 204 Å². The molecular weight excluding hydrogens is 605 g/mol. The van der Waals surface area contributed by atoms with E-state index >= 15 is 0 Å². The minimum absolute atomic E-state index is 1.11. The van der Waals surface area contributed by atoms with Crippen molar-refractivity contribution in [2.45, 2.75) is 0 Å². The second kappa shape index (κ2) is 11.5. The Kier molecular flexibility index (Phi) is 6.53. The minimum Gasteiger partial charge on any atom is -0.310 e. The van der Waals surface area contributed by atoms with E-state index in [0.29, 0.717) is 0 Å². The summed E-state index contributed by atoms with van der Waals surface area (Å²) in [6, 6.07) is 70.6. The molecule has 0 spiro atoms. The van der Waals surface area contributed by atoms with E-state index in [1.165, 1.54) is 70.9 Å². The average molecular weight is 637 g/mol. The van der Waals surface area contributed by atoms with Gasteiger partial charge in [0.25, 0.3) is 0 Å². The molecule has 0 atom stereocenters. The van der Waals surface area contributed by atoms with E-state index in [9.17, 15) is 0 Å². The van der Waals surface area contributed by atoms with Crippen molar-refractivity contribution in [3.63, 3.8) is 0 Å². The van der Waals surface area contributed by atoms with Crippen LogP contribution in [-0.2, 0) is 0 Å². The van der Waals surface area contributed by atoms with Gasteiger partial charge in [-0.1, -0.05) is 140 Å². The van der Waals surface area contributed by atoms with E-state index in [1.54, 1.807) is 0 Å². The molecule has 1 heterocycles. The number of aromatic nitrogens is 1. The molecule has 9 aromatic carbocycles. The summed E-state index contributed by atoms with van der Waals surface area (Å²) in [7, 11) is 0. The fraction of sp³-hybridized carbons (Fsp3) is 0. The van der Waals surface area contributed by atoms with Crippen LogP contribution in [0.1, 0.15) is 0 Å². The summed E-state index contributed by atoms with van der Waals surface area (Å²) in [4.78, 5) is 2.41. The summed E-state index contributed by atoms with van der Waals surface area (Å²) in [6.45, 7) is 0. The van der Waals surface area contributed by atoms with E-state index in [-0.39, 0.29) is 0 Å². The summed E-state index contributed by atoms with van der Waals surface area (Å²) in [5, 5.41) is 9.87. The molecule has 0 aliphatic rings. The summed E-state index contributed by atoms with van der Waals surface area (Å²) in [5.41, 5.74) is 9.38. The van der Waals surface area contributed by atoms with Gasteiger partial charge in [0.05, 0.1) is 22.4 Å². The van der Waals surface area contributed by atoms with Crippen LogP contribution >= 0.6 is 0 Å². The lowest BCUT2D eigenvalue weighted by Gasteiger charge is -2.28. The van der Waals surface area contributed by atoms with Gasteiger partial charge >= 0.3 is 0 Å². The number of para-hydroxylation sites is 1. The number of hydrogen-bond acceptors (Lipinski definition) is 1. The fourth-order valence-electron chi connectivity index (χ4n) is 7.76. The van der Waals surface area contributed by atoms with Gasteiger partial charge in [-0.2, -0.15) is 0 Å². The summed E-state index contributed by atoms with van der Waals surface area (Å²) < 4.78 is 2.46. The van der Waals surface area contributed by atoms with Crippen LogP contribution in [0.25, 0.3) is 70.9 Å². The first-order valence-electron chi connectivity index (χ1n) is 17.2. The predicted octanol–water partition coefficient (Wildman–Crippen LogP) is 13.4. The van der Waals surface area contributed by atoms with E-state index in [0.717, 1.165) is 17.1 Å². The maximum atomic E-state index is 2.46. The monoisotopic (exact) mass is 636 g/mol. The second-order valence-corrected chi connectivity index (χ2v) is 13.0. The first-order valence-corrected chi connectivity index (χ1v) is 17.2. The molecular formula is C48H32N2. The molecule has 234 valence electrons. The highest BCUT2D eigenvalue weighted by atomic mass is 15.1. The molecule has 0 unspecified atom stereocenters. The number of nitrogens with zero attached hydrogens (tertiary/aromatic N) is 2. The number of rotatable bonds is 5. The Morgan fingerprint density at radius 1 is 0.320 bits per heavy atom. The van der Waals surface area contributed by atoms with Crippen molar-refractivity contribution in [2.24, 2.45) is 0 Å². The molecule has 2 nitrogen and oxygen atoms in total. The van der Waals surface area contributed by atoms with Gasteiger partial charge in [0.1, 0.15) is 0 Å². The lowest BCUT2D eigenvalue weighted by atomic mass is 10.0. The van der Waals surface area contributed by atoms with Gasteiger partial charge in [0, 0.05) is 32.9 Å². The van der Waals surface area contributed by atoms with Crippen LogP contribution in [0.2, 0.25) is 0 Å². The first kappa shape index (κ1) is 28.4. The van der Waals surface area contributed by atoms with Crippen LogP contribution in [0.4, 0.5) is 17.1 Å². The Bertz CT molecular complexity index is 2860. The van der Waals surface area contributed by atoms with Crippen molar-refractivity contribution in [1.29, 1.82) is 0 Å². The van der Waals surface area contributed by atoms with Crippen LogP contribution in [0.15, 0.2) is 194 Å². The first-order chi connectivity index (χ1) is 24.8. The Morgan fingerprint density at radius 3 is 1.74 bits per heavy atom. The Morgan fingerprint density at radius 2 is 0.920 bits per heavy atom. The van der Waals surface area contributed by atoms with Crippen molar-refractivity contribution in [2.75, 3.05) is 4.90 Å². The topological polar surface area (TPSA) is 8.17 Å². The number of fused-ring (bicyclic) bond motifs is 6. The van der Waals surface area contributed by atoms with Crippen LogP contribution in [-0.4, -0.2) is 4.57 Å². The van der Waals surface area contributed by atoms with Gasteiger partial charge in [-0.05, 0) is 87.3 Å². The molecule has 0 saturated carbocycles. The molecule has 0 amide bonds. The summed E-state index contributed by atoms with van der Waals surface area (Å²) in [6.07, 6.45) is 0. The molecule has 2 heteroatoms. The van der Waals surface area contributed by atoms with Gasteiger partial charge in [-0.25, -0.2) is 0 Å². The third-order valence-electron chi connectivity index (χ3n) is 10.1. The minimum atomic E-state index is 1.11. The zero-order chi connectivity index (χ0) is 33.0. The highest BCUT2D eigenvalue weighted by Gasteiger charge is 2.19. The standard InChI is InChI=1S/C48H32N2/c1-2-12-33(13-3-1)35-24-27-39(28-25-35)49(40-29-26-34-14-4-5-15-36(34)30-40)45-22-10-20-42-41(45)19-11-23-47(42)50-46-21-9-8-18-43(46)44-31-37-16-6-7-17-38(37)32-48(44)50/h1-32H. The van der Waals surface area contributed by atoms with E-state index in [4.69, 9.17) is 0 Å². The van der Waals surface area contributed by atoms with Crippen molar-refractivity contribution < 1.29 is 0 Å². The summed E-state index contributed by atoms with van der Waals surface area (Å²) in [5.74, 6) is 0. The molecule has 0 aliphatic carbocycles. The maximum Gasteiger partial charge on any atom is 0.0547 e. The van der Waals surface area contributed by atoms with Gasteiger partial charge < -0.3 is 9.47 Å². The van der Waals surface area contributed by atoms with E-state index in [1.807, 2.05) is 0 Å².